The van der Waals surface area contributed by atoms with Crippen molar-refractivity contribution in [3.63, 3.8) is 0 Å². The maximum Gasteiger partial charge on any atom is 0.0992 e. The lowest BCUT2D eigenvalue weighted by atomic mass is 10.0. The normalized spacial score (nSPS) is 12.7. The lowest BCUT2D eigenvalue weighted by Crippen LogP contribution is -2.19. The molecule has 1 atom stereocenters. The number of hydrogen-bond donors (Lipinski definition) is 1. The highest BCUT2D eigenvalue weighted by Crippen LogP contribution is 2.36. The Morgan fingerprint density at radius 2 is 2.22 bits per heavy atom. The summed E-state index contributed by atoms with van der Waals surface area (Å²) in [5.41, 5.74) is 3.31. The molecule has 2 aromatic rings. The van der Waals surface area contributed by atoms with Crippen LogP contribution in [0, 0.1) is 6.92 Å². The second kappa shape index (κ2) is 6.02. The first kappa shape index (κ1) is 13.8. The van der Waals surface area contributed by atoms with Gasteiger partial charge in [0.15, 0.2) is 0 Å². The predicted octanol–water partition coefficient (Wildman–Crippen LogP) is 4.26. The van der Waals surface area contributed by atoms with Crippen molar-refractivity contribution in [2.45, 2.75) is 19.4 Å². The summed E-state index contributed by atoms with van der Waals surface area (Å²) in [6.45, 7) is 2.07. The van der Waals surface area contributed by atoms with Gasteiger partial charge in [0, 0.05) is 29.9 Å². The molecule has 0 saturated carbocycles. The first-order chi connectivity index (χ1) is 8.61. The second-order valence-corrected chi connectivity index (χ2v) is 6.38. The largest absolute Gasteiger partial charge is 0.313 e. The van der Waals surface area contributed by atoms with Gasteiger partial charge >= 0.3 is 0 Å². The van der Waals surface area contributed by atoms with Crippen LogP contribution in [0.2, 0.25) is 8.67 Å². The van der Waals surface area contributed by atoms with E-state index in [2.05, 4.69) is 23.3 Å². The molecule has 2 aromatic heterocycles. The Morgan fingerprint density at radius 1 is 1.44 bits per heavy atom. The molecule has 0 aliphatic carbocycles. The fraction of sp³-hybridized carbons (Fsp3) is 0.308. The zero-order valence-corrected chi connectivity index (χ0v) is 12.5. The lowest BCUT2D eigenvalue weighted by Gasteiger charge is -2.16. The van der Waals surface area contributed by atoms with Crippen LogP contribution < -0.4 is 5.32 Å². The summed E-state index contributed by atoms with van der Waals surface area (Å²) in [6.07, 6.45) is 2.62. The van der Waals surface area contributed by atoms with Gasteiger partial charge in [-0.25, -0.2) is 0 Å². The number of nitrogens with zero attached hydrogens (tertiary/aromatic N) is 1. The summed E-state index contributed by atoms with van der Waals surface area (Å²) in [6, 6.07) is 6.07. The van der Waals surface area contributed by atoms with Gasteiger partial charge in [0.05, 0.1) is 8.67 Å². The number of aromatic nitrogens is 1. The zero-order chi connectivity index (χ0) is 13.1. The van der Waals surface area contributed by atoms with Crippen LogP contribution in [0.5, 0.6) is 0 Å². The molecule has 2 rings (SSSR count). The standard InChI is InChI=1S/C13H14Cl2N2S/c1-8-4-3-5-17-10(8)7-11(16-2)9-6-12(14)18-13(9)15/h3-6,11,16H,7H2,1-2H3. The molecule has 5 heteroatoms. The molecule has 0 radical (unpaired) electrons. The molecule has 2 heterocycles. The number of pyridine rings is 1. The van der Waals surface area contributed by atoms with Crippen molar-refractivity contribution in [1.82, 2.24) is 10.3 Å². The summed E-state index contributed by atoms with van der Waals surface area (Å²) < 4.78 is 1.46. The SMILES string of the molecule is CNC(Cc1ncccc1C)c1cc(Cl)sc1Cl. The Hall–Kier alpha value is -0.610. The molecule has 0 aliphatic heterocycles. The Balaban J connectivity index is 2.25. The minimum atomic E-state index is 0.134. The summed E-state index contributed by atoms with van der Waals surface area (Å²) in [5.74, 6) is 0. The number of likely N-dealkylation sites (N-methyl/N-ethyl adjacent to an activating group) is 1. The Morgan fingerprint density at radius 3 is 2.78 bits per heavy atom. The number of nitrogens with one attached hydrogen (secondary N) is 1. The van der Waals surface area contributed by atoms with Crippen molar-refractivity contribution < 1.29 is 0 Å². The van der Waals surface area contributed by atoms with Crippen LogP contribution in [0.1, 0.15) is 22.9 Å². The fourth-order valence-electron chi connectivity index (χ4n) is 1.88. The third-order valence-corrected chi connectivity index (χ3v) is 4.44. The molecular weight excluding hydrogens is 287 g/mol. The van der Waals surface area contributed by atoms with E-state index in [-0.39, 0.29) is 6.04 Å². The van der Waals surface area contributed by atoms with Crippen molar-refractivity contribution in [3.05, 3.63) is 49.9 Å². The molecule has 1 unspecified atom stereocenters. The van der Waals surface area contributed by atoms with E-state index in [9.17, 15) is 0 Å². The Labute approximate surface area is 121 Å². The molecular formula is C13H14Cl2N2S. The summed E-state index contributed by atoms with van der Waals surface area (Å²) >= 11 is 13.6. The minimum absolute atomic E-state index is 0.134. The number of hydrogen-bond acceptors (Lipinski definition) is 3. The van der Waals surface area contributed by atoms with E-state index in [4.69, 9.17) is 23.2 Å². The van der Waals surface area contributed by atoms with Gasteiger partial charge in [-0.05, 0) is 31.7 Å². The van der Waals surface area contributed by atoms with Crippen molar-refractivity contribution in [2.24, 2.45) is 0 Å². The lowest BCUT2D eigenvalue weighted by molar-refractivity contribution is 0.584. The monoisotopic (exact) mass is 300 g/mol. The summed E-state index contributed by atoms with van der Waals surface area (Å²) in [7, 11) is 1.92. The molecule has 1 N–H and O–H groups in total. The van der Waals surface area contributed by atoms with Crippen LogP contribution in [0.3, 0.4) is 0 Å². The zero-order valence-electron chi connectivity index (χ0n) is 10.2. The van der Waals surface area contributed by atoms with Gasteiger partial charge in [0.1, 0.15) is 0 Å². The average molecular weight is 301 g/mol. The van der Waals surface area contributed by atoms with E-state index in [0.29, 0.717) is 4.34 Å². The van der Waals surface area contributed by atoms with Crippen LogP contribution in [0.4, 0.5) is 0 Å². The van der Waals surface area contributed by atoms with Gasteiger partial charge in [-0.15, -0.1) is 11.3 Å². The highest BCUT2D eigenvalue weighted by molar-refractivity contribution is 7.20. The smallest absolute Gasteiger partial charge is 0.0992 e. The Bertz CT molecular complexity index is 540. The van der Waals surface area contributed by atoms with Gasteiger partial charge < -0.3 is 5.32 Å². The van der Waals surface area contributed by atoms with E-state index in [1.807, 2.05) is 25.4 Å². The first-order valence-electron chi connectivity index (χ1n) is 5.64. The van der Waals surface area contributed by atoms with Gasteiger partial charge in [0.25, 0.3) is 0 Å². The summed E-state index contributed by atoms with van der Waals surface area (Å²) in [5, 5.41) is 3.27. The maximum absolute atomic E-state index is 6.20. The third-order valence-electron chi connectivity index (χ3n) is 2.92. The van der Waals surface area contributed by atoms with E-state index in [1.54, 1.807) is 0 Å². The Kier molecular flexibility index (Phi) is 4.62. The average Bonchev–Trinajstić information content (AvgIpc) is 2.67. The van der Waals surface area contributed by atoms with E-state index >= 15 is 0 Å². The number of halogens is 2. The van der Waals surface area contributed by atoms with Crippen molar-refractivity contribution in [3.8, 4) is 0 Å². The molecule has 96 valence electrons. The maximum atomic E-state index is 6.20. The van der Waals surface area contributed by atoms with Crippen molar-refractivity contribution in [2.75, 3.05) is 7.05 Å². The van der Waals surface area contributed by atoms with E-state index < -0.39 is 0 Å². The van der Waals surface area contributed by atoms with Crippen LogP contribution in [-0.2, 0) is 6.42 Å². The van der Waals surface area contributed by atoms with Crippen molar-refractivity contribution in [1.29, 1.82) is 0 Å². The topological polar surface area (TPSA) is 24.9 Å². The highest BCUT2D eigenvalue weighted by Gasteiger charge is 2.17. The van der Waals surface area contributed by atoms with Crippen LogP contribution in [-0.4, -0.2) is 12.0 Å². The number of rotatable bonds is 4. The summed E-state index contributed by atoms with van der Waals surface area (Å²) in [4.78, 5) is 4.42. The van der Waals surface area contributed by atoms with E-state index in [1.165, 1.54) is 16.9 Å². The molecule has 0 aliphatic rings. The van der Waals surface area contributed by atoms with Crippen LogP contribution in [0.15, 0.2) is 24.4 Å². The minimum Gasteiger partial charge on any atom is -0.313 e. The number of thiophene rings is 1. The van der Waals surface area contributed by atoms with Gasteiger partial charge in [-0.3, -0.25) is 4.98 Å². The molecule has 18 heavy (non-hydrogen) atoms. The van der Waals surface area contributed by atoms with Crippen LogP contribution in [0.25, 0.3) is 0 Å². The molecule has 0 amide bonds. The van der Waals surface area contributed by atoms with Gasteiger partial charge in [-0.2, -0.15) is 0 Å². The molecule has 2 nitrogen and oxygen atoms in total. The first-order valence-corrected chi connectivity index (χ1v) is 7.21. The fourth-order valence-corrected chi connectivity index (χ4v) is 3.46. The molecule has 0 aromatic carbocycles. The molecule has 0 bridgehead atoms. The molecule has 0 fully saturated rings. The second-order valence-electron chi connectivity index (χ2n) is 4.09. The highest BCUT2D eigenvalue weighted by atomic mass is 35.5. The third kappa shape index (κ3) is 3.04. The number of aryl methyl sites for hydroxylation is 1. The molecule has 0 saturated heterocycles. The quantitative estimate of drug-likeness (QED) is 0.912. The van der Waals surface area contributed by atoms with Gasteiger partial charge in [0.2, 0.25) is 0 Å². The van der Waals surface area contributed by atoms with E-state index in [0.717, 1.165) is 22.0 Å². The van der Waals surface area contributed by atoms with Crippen molar-refractivity contribution >= 4 is 34.5 Å². The van der Waals surface area contributed by atoms with Gasteiger partial charge in [-0.1, -0.05) is 29.3 Å². The van der Waals surface area contributed by atoms with Crippen LogP contribution >= 0.6 is 34.5 Å². The predicted molar refractivity (Wildman–Crippen MR) is 78.8 cm³/mol. The molecule has 0 spiro atoms.